The molecule has 0 bridgehead atoms. The monoisotopic (exact) mass is 344 g/mol. The minimum Gasteiger partial charge on any atom is -0.340 e. The van der Waals surface area contributed by atoms with Crippen molar-refractivity contribution in [3.05, 3.63) is 52.6 Å². The lowest BCUT2D eigenvalue weighted by Gasteiger charge is -2.14. The molecule has 2 heterocycles. The largest absolute Gasteiger partial charge is 0.340 e. The Morgan fingerprint density at radius 3 is 2.62 bits per heavy atom. The third kappa shape index (κ3) is 2.52. The fourth-order valence-corrected chi connectivity index (χ4v) is 2.76. The molecule has 7 nitrogen and oxygen atoms in total. The number of anilines is 1. The maximum Gasteiger partial charge on any atom is 0.328 e. The lowest BCUT2D eigenvalue weighted by atomic mass is 9.94. The van der Waals surface area contributed by atoms with Crippen molar-refractivity contribution in [1.29, 1.82) is 0 Å². The first-order chi connectivity index (χ1) is 11.4. The number of aryl methyl sites for hydroxylation is 1. The topological polar surface area (TPSA) is 92.3 Å². The van der Waals surface area contributed by atoms with Crippen LogP contribution in [0.4, 0.5) is 10.5 Å². The lowest BCUT2D eigenvalue weighted by Crippen LogP contribution is -2.42. The molecule has 8 heteroatoms. The van der Waals surface area contributed by atoms with Crippen LogP contribution in [0.3, 0.4) is 0 Å². The van der Waals surface area contributed by atoms with E-state index in [1.54, 1.807) is 19.1 Å². The van der Waals surface area contributed by atoms with Crippen LogP contribution in [-0.4, -0.2) is 34.7 Å². The number of amides is 3. The van der Waals surface area contributed by atoms with Gasteiger partial charge < -0.3 is 5.32 Å². The molecule has 3 amide bonds. The number of rotatable bonds is 2. The Kier molecular flexibility index (Phi) is 4.02. The molecule has 1 aliphatic rings. The quantitative estimate of drug-likeness (QED) is 0.665. The molecule has 0 fully saturated rings. The molecule has 0 aliphatic carbocycles. The van der Waals surface area contributed by atoms with Gasteiger partial charge in [0.1, 0.15) is 11.6 Å². The van der Waals surface area contributed by atoms with Crippen molar-refractivity contribution in [2.75, 3.05) is 11.9 Å². The van der Waals surface area contributed by atoms with Gasteiger partial charge in [-0.2, -0.15) is 0 Å². The number of ketones is 1. The molecule has 2 aromatic rings. The molecule has 3 rings (SSSR count). The van der Waals surface area contributed by atoms with Gasteiger partial charge in [-0.15, -0.1) is 0 Å². The summed E-state index contributed by atoms with van der Waals surface area (Å²) in [6.07, 6.45) is 2.76. The van der Waals surface area contributed by atoms with E-state index in [1.807, 2.05) is 0 Å². The van der Waals surface area contributed by atoms with Gasteiger partial charge in [0.2, 0.25) is 0 Å². The Morgan fingerprint density at radius 2 is 2.00 bits per heavy atom. The highest BCUT2D eigenvalue weighted by Crippen LogP contribution is 2.40. The highest BCUT2D eigenvalue weighted by molar-refractivity contribution is 6.33. The zero-order chi connectivity index (χ0) is 17.4. The second-order valence-corrected chi connectivity index (χ2v) is 5.71. The van der Waals surface area contributed by atoms with Crippen molar-refractivity contribution in [2.24, 2.45) is 0 Å². The third-order valence-corrected chi connectivity index (χ3v) is 3.96. The third-order valence-electron chi connectivity index (χ3n) is 3.72. The molecule has 122 valence electrons. The average Bonchev–Trinajstić information content (AvgIpc) is 2.85. The molecule has 1 aromatic carbocycles. The van der Waals surface area contributed by atoms with Gasteiger partial charge in [0.05, 0.1) is 17.6 Å². The number of benzene rings is 1. The molecule has 1 aromatic heterocycles. The molecule has 0 spiro atoms. The molecule has 1 atom stereocenters. The van der Waals surface area contributed by atoms with Crippen LogP contribution in [0, 0.1) is 6.92 Å². The van der Waals surface area contributed by atoms with Crippen LogP contribution in [0.15, 0.2) is 30.6 Å². The van der Waals surface area contributed by atoms with Gasteiger partial charge in [-0.05, 0) is 30.7 Å². The SMILES string of the molecule is CNC(=O)N1C(=O)C(C(=O)c2cnc(C)cn2)c2cc(Cl)ccc21. The van der Waals surface area contributed by atoms with Crippen LogP contribution >= 0.6 is 11.6 Å². The Labute approximate surface area is 142 Å². The Hall–Kier alpha value is -2.80. The first-order valence-corrected chi connectivity index (χ1v) is 7.50. The zero-order valence-corrected chi connectivity index (χ0v) is 13.7. The van der Waals surface area contributed by atoms with Crippen molar-refractivity contribution >= 4 is 35.0 Å². The van der Waals surface area contributed by atoms with E-state index in [0.717, 1.165) is 4.90 Å². The number of halogens is 1. The molecular weight excluding hydrogens is 332 g/mol. The van der Waals surface area contributed by atoms with Crippen molar-refractivity contribution < 1.29 is 14.4 Å². The van der Waals surface area contributed by atoms with Crippen molar-refractivity contribution in [3.8, 4) is 0 Å². The summed E-state index contributed by atoms with van der Waals surface area (Å²) in [7, 11) is 1.41. The summed E-state index contributed by atoms with van der Waals surface area (Å²) >= 11 is 6.00. The molecule has 24 heavy (non-hydrogen) atoms. The van der Waals surface area contributed by atoms with E-state index in [0.29, 0.717) is 22.0 Å². The Bertz CT molecular complexity index is 851. The van der Waals surface area contributed by atoms with Gasteiger partial charge in [-0.3, -0.25) is 14.6 Å². The number of nitrogens with zero attached hydrogens (tertiary/aromatic N) is 3. The fraction of sp³-hybridized carbons (Fsp3) is 0.188. The Morgan fingerprint density at radius 1 is 1.25 bits per heavy atom. The second kappa shape index (κ2) is 6.01. The summed E-state index contributed by atoms with van der Waals surface area (Å²) in [5, 5.41) is 2.76. The van der Waals surface area contributed by atoms with E-state index in [-0.39, 0.29) is 5.69 Å². The molecule has 0 saturated heterocycles. The van der Waals surface area contributed by atoms with Gasteiger partial charge in [0.15, 0.2) is 5.78 Å². The van der Waals surface area contributed by atoms with Crippen LogP contribution in [0.25, 0.3) is 0 Å². The van der Waals surface area contributed by atoms with Crippen LogP contribution < -0.4 is 10.2 Å². The molecule has 1 aliphatic heterocycles. The number of hydrogen-bond donors (Lipinski definition) is 1. The summed E-state index contributed by atoms with van der Waals surface area (Å²) in [4.78, 5) is 46.5. The van der Waals surface area contributed by atoms with Crippen LogP contribution in [0.2, 0.25) is 5.02 Å². The number of Topliss-reactive ketones (excluding diaryl/α,β-unsaturated/α-hetero) is 1. The number of aromatic nitrogens is 2. The van der Waals surface area contributed by atoms with E-state index < -0.39 is 23.6 Å². The summed E-state index contributed by atoms with van der Waals surface area (Å²) in [5.74, 6) is -2.34. The van der Waals surface area contributed by atoms with E-state index >= 15 is 0 Å². The molecule has 1 N–H and O–H groups in total. The normalized spacial score (nSPS) is 16.0. The molecule has 0 radical (unpaired) electrons. The number of nitrogens with one attached hydrogen (secondary N) is 1. The smallest absolute Gasteiger partial charge is 0.328 e. The van der Waals surface area contributed by atoms with E-state index in [1.165, 1.54) is 25.5 Å². The summed E-state index contributed by atoms with van der Waals surface area (Å²) in [6.45, 7) is 1.74. The van der Waals surface area contributed by atoms with Gasteiger partial charge in [-0.25, -0.2) is 14.7 Å². The average molecular weight is 345 g/mol. The number of urea groups is 1. The molecular formula is C16H13ClN4O3. The van der Waals surface area contributed by atoms with Gasteiger partial charge >= 0.3 is 6.03 Å². The highest BCUT2D eigenvalue weighted by atomic mass is 35.5. The first kappa shape index (κ1) is 16.1. The summed E-state index contributed by atoms with van der Waals surface area (Å²) in [6, 6.07) is 4.00. The maximum absolute atomic E-state index is 12.8. The molecule has 1 unspecified atom stereocenters. The van der Waals surface area contributed by atoms with Crippen molar-refractivity contribution in [3.63, 3.8) is 0 Å². The number of carbonyl (C=O) groups excluding carboxylic acids is 3. The predicted octanol–water partition coefficient (Wildman–Crippen LogP) is 2.09. The van der Waals surface area contributed by atoms with E-state index in [9.17, 15) is 14.4 Å². The number of carbonyl (C=O) groups is 3. The number of fused-ring (bicyclic) bond motifs is 1. The lowest BCUT2D eigenvalue weighted by molar-refractivity contribution is -0.117. The van der Waals surface area contributed by atoms with E-state index in [4.69, 9.17) is 11.6 Å². The minimum atomic E-state index is -1.17. The number of hydrogen-bond acceptors (Lipinski definition) is 5. The van der Waals surface area contributed by atoms with Crippen molar-refractivity contribution in [2.45, 2.75) is 12.8 Å². The van der Waals surface area contributed by atoms with E-state index in [2.05, 4.69) is 15.3 Å². The zero-order valence-electron chi connectivity index (χ0n) is 12.9. The standard InChI is InChI=1S/C16H13ClN4O3/c1-8-6-20-11(7-19-8)14(22)13-10-5-9(17)3-4-12(10)21(15(13)23)16(24)18-2/h3-7,13H,1-2H3,(H,18,24). The summed E-state index contributed by atoms with van der Waals surface area (Å²) < 4.78 is 0. The Balaban J connectivity index is 2.10. The number of imide groups is 1. The van der Waals surface area contributed by atoms with Gasteiger partial charge in [-0.1, -0.05) is 11.6 Å². The van der Waals surface area contributed by atoms with Gasteiger partial charge in [0, 0.05) is 18.3 Å². The molecule has 0 saturated carbocycles. The fourth-order valence-electron chi connectivity index (χ4n) is 2.58. The van der Waals surface area contributed by atoms with Crippen molar-refractivity contribution in [1.82, 2.24) is 15.3 Å². The maximum atomic E-state index is 12.8. The minimum absolute atomic E-state index is 0.0589. The second-order valence-electron chi connectivity index (χ2n) is 5.27. The van der Waals surface area contributed by atoms with Gasteiger partial charge in [0.25, 0.3) is 5.91 Å². The summed E-state index contributed by atoms with van der Waals surface area (Å²) in [5.41, 5.74) is 1.43. The highest BCUT2D eigenvalue weighted by Gasteiger charge is 2.45. The van der Waals surface area contributed by atoms with Crippen LogP contribution in [0.5, 0.6) is 0 Å². The van der Waals surface area contributed by atoms with Crippen LogP contribution in [-0.2, 0) is 4.79 Å². The predicted molar refractivity (Wildman–Crippen MR) is 87.2 cm³/mol. The van der Waals surface area contributed by atoms with Crippen LogP contribution in [0.1, 0.15) is 27.7 Å². The first-order valence-electron chi connectivity index (χ1n) is 7.12.